The van der Waals surface area contributed by atoms with Gasteiger partial charge in [-0.3, -0.25) is 4.79 Å². The number of rotatable bonds is 6. The lowest BCUT2D eigenvalue weighted by atomic mass is 10.1. The maximum atomic E-state index is 12.8. The summed E-state index contributed by atoms with van der Waals surface area (Å²) >= 11 is 0. The summed E-state index contributed by atoms with van der Waals surface area (Å²) in [7, 11) is 0. The Hall–Kier alpha value is -2.69. The van der Waals surface area contributed by atoms with Gasteiger partial charge in [-0.1, -0.05) is 18.2 Å². The summed E-state index contributed by atoms with van der Waals surface area (Å²) in [6, 6.07) is 9.38. The van der Waals surface area contributed by atoms with E-state index in [1.165, 1.54) is 12.1 Å². The molecule has 2 aromatic rings. The molecular formula is C16H16FN3O. The van der Waals surface area contributed by atoms with E-state index in [1.807, 2.05) is 6.07 Å². The van der Waals surface area contributed by atoms with Crippen LogP contribution in [0.2, 0.25) is 0 Å². The smallest absolute Gasteiger partial charge is 0.229 e. The van der Waals surface area contributed by atoms with Crippen molar-refractivity contribution in [1.29, 1.82) is 0 Å². The number of amides is 1. The van der Waals surface area contributed by atoms with Crippen LogP contribution >= 0.6 is 0 Å². The van der Waals surface area contributed by atoms with Crippen molar-refractivity contribution in [2.75, 3.05) is 17.2 Å². The van der Waals surface area contributed by atoms with Gasteiger partial charge in [-0.2, -0.15) is 0 Å². The Labute approximate surface area is 122 Å². The number of nitrogens with zero attached hydrogens (tertiary/aromatic N) is 1. The van der Waals surface area contributed by atoms with Crippen LogP contribution in [0.3, 0.4) is 0 Å². The van der Waals surface area contributed by atoms with Gasteiger partial charge in [0.25, 0.3) is 0 Å². The highest BCUT2D eigenvalue weighted by molar-refractivity contribution is 5.91. The average Bonchev–Trinajstić information content (AvgIpc) is 2.49. The zero-order valence-corrected chi connectivity index (χ0v) is 11.5. The minimum Gasteiger partial charge on any atom is -0.380 e. The number of anilines is 2. The number of hydrogen-bond donors (Lipinski definition) is 2. The Kier molecular flexibility index (Phi) is 5.04. The maximum Gasteiger partial charge on any atom is 0.229 e. The maximum absolute atomic E-state index is 12.8. The van der Waals surface area contributed by atoms with Gasteiger partial charge in [0, 0.05) is 6.54 Å². The lowest BCUT2D eigenvalue weighted by molar-refractivity contribution is -0.115. The first kappa shape index (κ1) is 14.7. The van der Waals surface area contributed by atoms with Crippen LogP contribution in [0.15, 0.2) is 55.3 Å². The molecule has 1 aromatic carbocycles. The second-order valence-corrected chi connectivity index (χ2v) is 4.45. The molecule has 0 aliphatic carbocycles. The van der Waals surface area contributed by atoms with Crippen LogP contribution in [0.25, 0.3) is 0 Å². The number of halogens is 1. The molecule has 4 nitrogen and oxygen atoms in total. The molecule has 0 saturated heterocycles. The van der Waals surface area contributed by atoms with E-state index in [2.05, 4.69) is 22.2 Å². The van der Waals surface area contributed by atoms with Crippen LogP contribution in [-0.2, 0) is 11.2 Å². The van der Waals surface area contributed by atoms with E-state index in [-0.39, 0.29) is 18.1 Å². The van der Waals surface area contributed by atoms with E-state index in [0.717, 1.165) is 11.3 Å². The van der Waals surface area contributed by atoms with Gasteiger partial charge in [-0.05, 0) is 29.8 Å². The normalized spacial score (nSPS) is 9.95. The number of aromatic nitrogens is 1. The summed E-state index contributed by atoms with van der Waals surface area (Å²) in [5.41, 5.74) is 1.60. The highest BCUT2D eigenvalue weighted by Crippen LogP contribution is 2.10. The van der Waals surface area contributed by atoms with Gasteiger partial charge >= 0.3 is 0 Å². The first-order valence-corrected chi connectivity index (χ1v) is 6.52. The summed E-state index contributed by atoms with van der Waals surface area (Å²) < 4.78 is 12.8. The number of benzene rings is 1. The van der Waals surface area contributed by atoms with Crippen LogP contribution in [0.5, 0.6) is 0 Å². The first-order valence-electron chi connectivity index (χ1n) is 6.52. The van der Waals surface area contributed by atoms with Gasteiger partial charge < -0.3 is 10.6 Å². The molecule has 21 heavy (non-hydrogen) atoms. The molecule has 2 rings (SSSR count). The van der Waals surface area contributed by atoms with Crippen molar-refractivity contribution in [3.63, 3.8) is 0 Å². The fraction of sp³-hybridized carbons (Fsp3) is 0.125. The molecule has 108 valence electrons. The van der Waals surface area contributed by atoms with Gasteiger partial charge in [0.05, 0.1) is 18.3 Å². The second-order valence-electron chi connectivity index (χ2n) is 4.45. The Bertz CT molecular complexity index is 608. The molecule has 0 unspecified atom stereocenters. The number of nitrogens with one attached hydrogen (secondary N) is 2. The second kappa shape index (κ2) is 7.19. The fourth-order valence-corrected chi connectivity index (χ4v) is 1.74. The van der Waals surface area contributed by atoms with Crippen molar-refractivity contribution in [2.24, 2.45) is 0 Å². The lowest BCUT2D eigenvalue weighted by Gasteiger charge is -2.06. The molecule has 0 spiro atoms. The Morgan fingerprint density at radius 3 is 2.62 bits per heavy atom. The van der Waals surface area contributed by atoms with Crippen LogP contribution in [0.1, 0.15) is 5.56 Å². The van der Waals surface area contributed by atoms with Crippen molar-refractivity contribution in [1.82, 2.24) is 4.98 Å². The zero-order chi connectivity index (χ0) is 15.1. The summed E-state index contributed by atoms with van der Waals surface area (Å²) in [5.74, 6) is -0.0318. The van der Waals surface area contributed by atoms with Crippen LogP contribution < -0.4 is 10.6 Å². The fourth-order valence-electron chi connectivity index (χ4n) is 1.74. The van der Waals surface area contributed by atoms with Crippen LogP contribution in [0, 0.1) is 5.82 Å². The predicted octanol–water partition coefficient (Wildman–Crippen LogP) is 3.00. The molecule has 0 aliphatic heterocycles. The summed E-state index contributed by atoms with van der Waals surface area (Å²) in [5, 5.41) is 5.79. The van der Waals surface area contributed by atoms with Gasteiger partial charge in [0.1, 0.15) is 11.6 Å². The Morgan fingerprint density at radius 2 is 2.00 bits per heavy atom. The summed E-state index contributed by atoms with van der Waals surface area (Å²) in [4.78, 5) is 16.0. The number of hydrogen-bond acceptors (Lipinski definition) is 3. The molecule has 0 radical (unpaired) electrons. The van der Waals surface area contributed by atoms with Crippen molar-refractivity contribution in [2.45, 2.75) is 6.42 Å². The molecule has 2 N–H and O–H groups in total. The van der Waals surface area contributed by atoms with E-state index in [4.69, 9.17) is 0 Å². The minimum atomic E-state index is -0.316. The quantitative estimate of drug-likeness (QED) is 0.802. The zero-order valence-electron chi connectivity index (χ0n) is 11.5. The molecule has 1 heterocycles. The third-order valence-electron chi connectivity index (χ3n) is 2.76. The SMILES string of the molecule is C=CCNc1ccc(NC(=O)Cc2ccc(F)cc2)nc1. The van der Waals surface area contributed by atoms with Crippen LogP contribution in [0.4, 0.5) is 15.9 Å². The Balaban J connectivity index is 1.90. The van der Waals surface area contributed by atoms with E-state index in [1.54, 1.807) is 30.5 Å². The van der Waals surface area contributed by atoms with Crippen molar-refractivity contribution in [3.8, 4) is 0 Å². The van der Waals surface area contributed by atoms with Gasteiger partial charge in [0.2, 0.25) is 5.91 Å². The first-order chi connectivity index (χ1) is 10.2. The van der Waals surface area contributed by atoms with Crippen molar-refractivity contribution < 1.29 is 9.18 Å². The highest BCUT2D eigenvalue weighted by Gasteiger charge is 2.05. The van der Waals surface area contributed by atoms with Gasteiger partial charge in [-0.15, -0.1) is 6.58 Å². The minimum absolute atomic E-state index is 0.179. The molecule has 1 amide bonds. The third kappa shape index (κ3) is 4.72. The third-order valence-corrected chi connectivity index (χ3v) is 2.76. The molecule has 5 heteroatoms. The number of carbonyl (C=O) groups is 1. The molecule has 0 aliphatic rings. The molecule has 0 atom stereocenters. The summed E-state index contributed by atoms with van der Waals surface area (Å²) in [6.45, 7) is 4.27. The topological polar surface area (TPSA) is 54.0 Å². The molecule has 1 aromatic heterocycles. The predicted molar refractivity (Wildman–Crippen MR) is 81.7 cm³/mol. The standard InChI is InChI=1S/C16H16FN3O/c1-2-9-18-14-7-8-15(19-11-14)20-16(21)10-12-3-5-13(17)6-4-12/h2-8,11,18H,1,9-10H2,(H,19,20,21). The Morgan fingerprint density at radius 1 is 1.24 bits per heavy atom. The average molecular weight is 285 g/mol. The molecule has 0 bridgehead atoms. The summed E-state index contributed by atoms with van der Waals surface area (Å²) in [6.07, 6.45) is 3.56. The van der Waals surface area contributed by atoms with Gasteiger partial charge in [0.15, 0.2) is 0 Å². The number of carbonyl (C=O) groups excluding carboxylic acids is 1. The van der Waals surface area contributed by atoms with E-state index in [9.17, 15) is 9.18 Å². The highest BCUT2D eigenvalue weighted by atomic mass is 19.1. The van der Waals surface area contributed by atoms with E-state index >= 15 is 0 Å². The van der Waals surface area contributed by atoms with Crippen molar-refractivity contribution >= 4 is 17.4 Å². The monoisotopic (exact) mass is 285 g/mol. The lowest BCUT2D eigenvalue weighted by Crippen LogP contribution is -2.15. The number of pyridine rings is 1. The van der Waals surface area contributed by atoms with Crippen LogP contribution in [-0.4, -0.2) is 17.4 Å². The molecular weight excluding hydrogens is 269 g/mol. The molecule has 0 saturated carbocycles. The molecule has 0 fully saturated rings. The largest absolute Gasteiger partial charge is 0.380 e. The van der Waals surface area contributed by atoms with Crippen molar-refractivity contribution in [3.05, 3.63) is 66.6 Å². The van der Waals surface area contributed by atoms with Gasteiger partial charge in [-0.25, -0.2) is 9.37 Å². The van der Waals surface area contributed by atoms with E-state index in [0.29, 0.717) is 12.4 Å². The van der Waals surface area contributed by atoms with E-state index < -0.39 is 0 Å².